The Hall–Kier alpha value is -2.82. The predicted octanol–water partition coefficient (Wildman–Crippen LogP) is 3.78. The van der Waals surface area contributed by atoms with Crippen molar-refractivity contribution in [2.24, 2.45) is 0 Å². The van der Waals surface area contributed by atoms with Crippen molar-refractivity contribution in [2.75, 3.05) is 25.0 Å². The van der Waals surface area contributed by atoms with Gasteiger partial charge in [0.05, 0.1) is 0 Å². The molecule has 2 aromatic rings. The van der Waals surface area contributed by atoms with Crippen LogP contribution in [0.2, 0.25) is 0 Å². The van der Waals surface area contributed by atoms with Crippen LogP contribution in [0.4, 0.5) is 10.5 Å². The van der Waals surface area contributed by atoms with Crippen molar-refractivity contribution in [1.82, 2.24) is 10.2 Å². The summed E-state index contributed by atoms with van der Waals surface area (Å²) in [5.41, 5.74) is 2.74. The molecule has 5 heteroatoms. The minimum Gasteiger partial charge on any atom is -0.339 e. The van der Waals surface area contributed by atoms with Crippen LogP contribution in [0.15, 0.2) is 54.6 Å². The van der Waals surface area contributed by atoms with E-state index in [0.717, 1.165) is 38.8 Å². The van der Waals surface area contributed by atoms with Gasteiger partial charge in [0.1, 0.15) is 0 Å². The number of benzene rings is 2. The van der Waals surface area contributed by atoms with Crippen LogP contribution >= 0.6 is 0 Å². The first-order valence-electron chi connectivity index (χ1n) is 9.66. The number of likely N-dealkylation sites (tertiary alicyclic amines) is 1. The minimum absolute atomic E-state index is 0.0713. The van der Waals surface area contributed by atoms with Crippen LogP contribution in [0.5, 0.6) is 0 Å². The number of carbonyl (C=O) groups is 2. The Balaban J connectivity index is 1.30. The average molecular weight is 363 g/mol. The summed E-state index contributed by atoms with van der Waals surface area (Å²) >= 11 is 0. The SMILES string of the molecule is O=C(NCC1(c2ccccc2)CC1)Nc1ccc(C(=O)N2CCCC2)cc1. The highest BCUT2D eigenvalue weighted by molar-refractivity contribution is 5.95. The molecule has 1 aliphatic carbocycles. The Bertz CT molecular complexity index is 807. The zero-order chi connectivity index (χ0) is 18.7. The minimum atomic E-state index is -0.212. The number of amides is 3. The molecule has 1 heterocycles. The predicted molar refractivity (Wildman–Crippen MR) is 106 cm³/mol. The third-order valence-corrected chi connectivity index (χ3v) is 5.61. The molecule has 1 saturated heterocycles. The van der Waals surface area contributed by atoms with Crippen LogP contribution in [-0.2, 0) is 5.41 Å². The first kappa shape index (κ1) is 17.6. The molecule has 5 nitrogen and oxygen atoms in total. The molecule has 0 atom stereocenters. The van der Waals surface area contributed by atoms with Crippen molar-refractivity contribution in [3.05, 3.63) is 65.7 Å². The van der Waals surface area contributed by atoms with E-state index in [0.29, 0.717) is 17.8 Å². The number of anilines is 1. The zero-order valence-electron chi connectivity index (χ0n) is 15.4. The highest BCUT2D eigenvalue weighted by Gasteiger charge is 2.44. The lowest BCUT2D eigenvalue weighted by molar-refractivity contribution is 0.0793. The van der Waals surface area contributed by atoms with Gasteiger partial charge in [0.2, 0.25) is 0 Å². The lowest BCUT2D eigenvalue weighted by Crippen LogP contribution is -2.35. The number of rotatable bonds is 5. The molecule has 2 aliphatic rings. The third kappa shape index (κ3) is 3.97. The van der Waals surface area contributed by atoms with Crippen molar-refractivity contribution in [1.29, 1.82) is 0 Å². The van der Waals surface area contributed by atoms with E-state index in [4.69, 9.17) is 0 Å². The number of hydrogen-bond acceptors (Lipinski definition) is 2. The smallest absolute Gasteiger partial charge is 0.319 e. The molecular weight excluding hydrogens is 338 g/mol. The normalized spacial score (nSPS) is 17.4. The van der Waals surface area contributed by atoms with E-state index in [1.165, 1.54) is 5.56 Å². The third-order valence-electron chi connectivity index (χ3n) is 5.61. The molecular formula is C22H25N3O2. The molecule has 27 heavy (non-hydrogen) atoms. The largest absolute Gasteiger partial charge is 0.339 e. The van der Waals surface area contributed by atoms with Crippen molar-refractivity contribution in [3.63, 3.8) is 0 Å². The number of nitrogens with one attached hydrogen (secondary N) is 2. The van der Waals surface area contributed by atoms with Crippen molar-refractivity contribution < 1.29 is 9.59 Å². The van der Waals surface area contributed by atoms with Crippen LogP contribution in [0, 0.1) is 0 Å². The van der Waals surface area contributed by atoms with Gasteiger partial charge in [-0.15, -0.1) is 0 Å². The Morgan fingerprint density at radius 1 is 0.926 bits per heavy atom. The molecule has 0 radical (unpaired) electrons. The molecule has 140 valence electrons. The van der Waals surface area contributed by atoms with Crippen molar-refractivity contribution in [2.45, 2.75) is 31.1 Å². The fraction of sp³-hybridized carbons (Fsp3) is 0.364. The first-order chi connectivity index (χ1) is 13.2. The van der Waals surface area contributed by atoms with Gasteiger partial charge in [-0.2, -0.15) is 0 Å². The maximum Gasteiger partial charge on any atom is 0.319 e. The van der Waals surface area contributed by atoms with Crippen LogP contribution in [-0.4, -0.2) is 36.5 Å². The summed E-state index contributed by atoms with van der Waals surface area (Å²) in [7, 11) is 0. The summed E-state index contributed by atoms with van der Waals surface area (Å²) in [6.45, 7) is 2.31. The summed E-state index contributed by atoms with van der Waals surface area (Å²) in [6.07, 6.45) is 4.36. The Morgan fingerprint density at radius 3 is 2.22 bits per heavy atom. The Kier molecular flexibility index (Phi) is 4.84. The van der Waals surface area contributed by atoms with E-state index in [1.807, 2.05) is 23.1 Å². The molecule has 0 unspecified atom stereocenters. The monoisotopic (exact) mass is 363 g/mol. The fourth-order valence-corrected chi connectivity index (χ4v) is 3.73. The second-order valence-corrected chi connectivity index (χ2v) is 7.53. The van der Waals surface area contributed by atoms with E-state index in [1.54, 1.807) is 24.3 Å². The van der Waals surface area contributed by atoms with Crippen LogP contribution in [0.3, 0.4) is 0 Å². The molecule has 1 saturated carbocycles. The molecule has 1 aliphatic heterocycles. The van der Waals surface area contributed by atoms with Gasteiger partial charge < -0.3 is 15.5 Å². The number of nitrogens with zero attached hydrogens (tertiary/aromatic N) is 1. The van der Waals surface area contributed by atoms with E-state index >= 15 is 0 Å². The Morgan fingerprint density at radius 2 is 1.59 bits per heavy atom. The van der Waals surface area contributed by atoms with Gasteiger partial charge in [0, 0.05) is 36.3 Å². The lowest BCUT2D eigenvalue weighted by Gasteiger charge is -2.17. The number of hydrogen-bond donors (Lipinski definition) is 2. The topological polar surface area (TPSA) is 61.4 Å². The van der Waals surface area contributed by atoms with E-state index in [2.05, 4.69) is 22.8 Å². The quantitative estimate of drug-likeness (QED) is 0.849. The molecule has 4 rings (SSSR count). The summed E-state index contributed by atoms with van der Waals surface area (Å²) in [6, 6.07) is 17.3. The average Bonchev–Trinajstić information content (AvgIpc) is 3.30. The van der Waals surface area contributed by atoms with E-state index < -0.39 is 0 Å². The molecule has 3 amide bonds. The maximum atomic E-state index is 12.4. The van der Waals surface area contributed by atoms with Crippen molar-refractivity contribution in [3.8, 4) is 0 Å². The van der Waals surface area contributed by atoms with Gasteiger partial charge in [-0.1, -0.05) is 30.3 Å². The molecule has 2 fully saturated rings. The van der Waals surface area contributed by atoms with Crippen LogP contribution in [0.1, 0.15) is 41.6 Å². The number of urea groups is 1. The second kappa shape index (κ2) is 7.43. The van der Waals surface area contributed by atoms with Gasteiger partial charge >= 0.3 is 6.03 Å². The highest BCUT2D eigenvalue weighted by Crippen LogP contribution is 2.47. The summed E-state index contributed by atoms with van der Waals surface area (Å²) in [5, 5.41) is 5.84. The maximum absolute atomic E-state index is 12.4. The second-order valence-electron chi connectivity index (χ2n) is 7.53. The van der Waals surface area contributed by atoms with Crippen molar-refractivity contribution >= 4 is 17.6 Å². The lowest BCUT2D eigenvalue weighted by atomic mass is 9.96. The molecule has 2 N–H and O–H groups in total. The summed E-state index contributed by atoms with van der Waals surface area (Å²) in [4.78, 5) is 26.5. The van der Waals surface area contributed by atoms with Gasteiger partial charge in [-0.05, 0) is 55.5 Å². The zero-order valence-corrected chi connectivity index (χ0v) is 15.4. The molecule has 0 bridgehead atoms. The molecule has 2 aromatic carbocycles. The summed E-state index contributed by atoms with van der Waals surface area (Å²) in [5.74, 6) is 0.0713. The van der Waals surface area contributed by atoms with Gasteiger partial charge in [0.15, 0.2) is 0 Å². The first-order valence-corrected chi connectivity index (χ1v) is 9.66. The standard InChI is InChI=1S/C22H25N3O2/c26-20(25-14-4-5-15-25)17-8-10-19(11-9-17)24-21(27)23-16-22(12-13-22)18-6-2-1-3-7-18/h1-3,6-11H,4-5,12-16H2,(H2,23,24,27). The van der Waals surface area contributed by atoms with Gasteiger partial charge in [-0.3, -0.25) is 4.79 Å². The summed E-state index contributed by atoms with van der Waals surface area (Å²) < 4.78 is 0. The molecule has 0 aromatic heterocycles. The number of carbonyl (C=O) groups excluding carboxylic acids is 2. The van der Waals surface area contributed by atoms with E-state index in [9.17, 15) is 9.59 Å². The van der Waals surface area contributed by atoms with Crippen LogP contribution in [0.25, 0.3) is 0 Å². The molecule has 0 spiro atoms. The van der Waals surface area contributed by atoms with E-state index in [-0.39, 0.29) is 17.4 Å². The fourth-order valence-electron chi connectivity index (χ4n) is 3.73. The Labute approximate surface area is 159 Å². The highest BCUT2D eigenvalue weighted by atomic mass is 16.2. The van der Waals surface area contributed by atoms with Gasteiger partial charge in [-0.25, -0.2) is 4.79 Å². The van der Waals surface area contributed by atoms with Gasteiger partial charge in [0.25, 0.3) is 5.91 Å². The van der Waals surface area contributed by atoms with Crippen LogP contribution < -0.4 is 10.6 Å².